The zero-order valence-electron chi connectivity index (χ0n) is 15.9. The molecule has 0 radical (unpaired) electrons. The predicted octanol–water partition coefficient (Wildman–Crippen LogP) is 2.23. The number of hydrogen-bond donors (Lipinski definition) is 0. The Bertz CT molecular complexity index is 899. The number of amides is 1. The van der Waals surface area contributed by atoms with Crippen LogP contribution in [0, 0.1) is 0 Å². The first kappa shape index (κ1) is 18.2. The molecule has 28 heavy (non-hydrogen) atoms. The highest BCUT2D eigenvalue weighted by atomic mass is 16.5. The molecule has 0 saturated carbocycles. The van der Waals surface area contributed by atoms with Gasteiger partial charge in [-0.1, -0.05) is 12.1 Å². The quantitative estimate of drug-likeness (QED) is 0.682. The molecule has 1 saturated heterocycles. The molecule has 1 aliphatic heterocycles. The van der Waals surface area contributed by atoms with Crippen LogP contribution >= 0.6 is 0 Å². The fourth-order valence-corrected chi connectivity index (χ4v) is 3.33. The van der Waals surface area contributed by atoms with E-state index >= 15 is 0 Å². The molecule has 0 N–H and O–H groups in total. The molecule has 7 heteroatoms. The van der Waals surface area contributed by atoms with E-state index in [0.29, 0.717) is 11.4 Å². The van der Waals surface area contributed by atoms with Crippen LogP contribution in [0.4, 0.5) is 0 Å². The van der Waals surface area contributed by atoms with Crippen molar-refractivity contribution in [2.45, 2.75) is 6.54 Å². The summed E-state index contributed by atoms with van der Waals surface area (Å²) in [6.07, 6.45) is 5.15. The summed E-state index contributed by atoms with van der Waals surface area (Å²) in [6.45, 7) is 4.03. The molecule has 0 unspecified atom stereocenters. The smallest absolute Gasteiger partial charge is 0.255 e. The molecule has 1 fully saturated rings. The fraction of sp³-hybridized carbons (Fsp3) is 0.286. The Morgan fingerprint density at radius 2 is 1.86 bits per heavy atom. The molecular formula is C21H23N5O2. The summed E-state index contributed by atoms with van der Waals surface area (Å²) >= 11 is 0. The summed E-state index contributed by atoms with van der Waals surface area (Å²) in [7, 11) is 1.67. The van der Waals surface area contributed by atoms with E-state index in [-0.39, 0.29) is 5.91 Å². The highest BCUT2D eigenvalue weighted by Gasteiger charge is 2.22. The van der Waals surface area contributed by atoms with Crippen molar-refractivity contribution in [3.8, 4) is 11.6 Å². The molecule has 0 atom stereocenters. The number of rotatable bonds is 5. The Hall–Kier alpha value is -3.19. The molecule has 1 aliphatic rings. The standard InChI is InChI=1S/C21H23N5O2/c1-28-19-6-3-17(4-7-19)16-24-11-13-25(14-12-24)21(27)18-5-8-20(22-15-18)26-10-2-9-23-26/h2-10,15H,11-14,16H2,1H3. The molecule has 4 rings (SSSR count). The number of pyridine rings is 1. The SMILES string of the molecule is COc1ccc(CN2CCN(C(=O)c3ccc(-n4cccn4)nc3)CC2)cc1. The van der Waals surface area contributed by atoms with Gasteiger partial charge in [-0.05, 0) is 35.9 Å². The second-order valence-corrected chi connectivity index (χ2v) is 6.77. The predicted molar refractivity (Wildman–Crippen MR) is 106 cm³/mol. The second kappa shape index (κ2) is 8.22. The number of ether oxygens (including phenoxy) is 1. The minimum absolute atomic E-state index is 0.0311. The number of benzene rings is 1. The van der Waals surface area contributed by atoms with Gasteiger partial charge < -0.3 is 9.64 Å². The number of carbonyl (C=O) groups is 1. The molecule has 2 aromatic heterocycles. The van der Waals surface area contributed by atoms with Crippen LogP contribution < -0.4 is 4.74 Å². The van der Waals surface area contributed by atoms with Gasteiger partial charge in [-0.2, -0.15) is 5.10 Å². The van der Waals surface area contributed by atoms with Crippen molar-refractivity contribution in [3.05, 3.63) is 72.2 Å². The van der Waals surface area contributed by atoms with Gasteiger partial charge >= 0.3 is 0 Å². The lowest BCUT2D eigenvalue weighted by atomic mass is 10.1. The van der Waals surface area contributed by atoms with Crippen LogP contribution in [-0.4, -0.2) is 63.8 Å². The summed E-state index contributed by atoms with van der Waals surface area (Å²) in [6, 6.07) is 13.6. The van der Waals surface area contributed by atoms with Gasteiger partial charge in [-0.25, -0.2) is 9.67 Å². The van der Waals surface area contributed by atoms with Crippen LogP contribution in [0.1, 0.15) is 15.9 Å². The van der Waals surface area contributed by atoms with Crippen molar-refractivity contribution in [2.75, 3.05) is 33.3 Å². The summed E-state index contributed by atoms with van der Waals surface area (Å²) in [5, 5.41) is 4.15. The second-order valence-electron chi connectivity index (χ2n) is 6.77. The van der Waals surface area contributed by atoms with E-state index in [1.165, 1.54) is 5.56 Å². The number of methoxy groups -OCH3 is 1. The molecule has 0 spiro atoms. The lowest BCUT2D eigenvalue weighted by molar-refractivity contribution is 0.0628. The van der Waals surface area contributed by atoms with Gasteiger partial charge in [0.25, 0.3) is 5.91 Å². The summed E-state index contributed by atoms with van der Waals surface area (Å²) in [5.41, 5.74) is 1.86. The molecule has 1 aromatic carbocycles. The monoisotopic (exact) mass is 377 g/mol. The van der Waals surface area contributed by atoms with Crippen LogP contribution in [0.5, 0.6) is 5.75 Å². The van der Waals surface area contributed by atoms with E-state index in [1.807, 2.05) is 41.4 Å². The third kappa shape index (κ3) is 4.04. The van der Waals surface area contributed by atoms with Gasteiger partial charge in [0.15, 0.2) is 5.82 Å². The van der Waals surface area contributed by atoms with Crippen LogP contribution in [0.3, 0.4) is 0 Å². The zero-order valence-corrected chi connectivity index (χ0v) is 15.9. The van der Waals surface area contributed by atoms with Crippen molar-refractivity contribution in [1.82, 2.24) is 24.6 Å². The van der Waals surface area contributed by atoms with Crippen molar-refractivity contribution < 1.29 is 9.53 Å². The third-order valence-corrected chi connectivity index (χ3v) is 4.96. The normalized spacial score (nSPS) is 14.8. The lowest BCUT2D eigenvalue weighted by Crippen LogP contribution is -2.48. The topological polar surface area (TPSA) is 63.5 Å². The molecule has 7 nitrogen and oxygen atoms in total. The highest BCUT2D eigenvalue weighted by molar-refractivity contribution is 5.94. The van der Waals surface area contributed by atoms with Gasteiger partial charge in [0.2, 0.25) is 0 Å². The molecule has 144 valence electrons. The maximum atomic E-state index is 12.8. The maximum Gasteiger partial charge on any atom is 0.255 e. The minimum atomic E-state index is 0.0311. The average Bonchev–Trinajstić information content (AvgIpc) is 3.29. The van der Waals surface area contributed by atoms with Crippen molar-refractivity contribution >= 4 is 5.91 Å². The summed E-state index contributed by atoms with van der Waals surface area (Å²) < 4.78 is 6.88. The van der Waals surface area contributed by atoms with Gasteiger partial charge in [0, 0.05) is 51.3 Å². The zero-order chi connectivity index (χ0) is 19.3. The number of carbonyl (C=O) groups excluding carboxylic acids is 1. The van der Waals surface area contributed by atoms with E-state index in [0.717, 1.165) is 38.5 Å². The Morgan fingerprint density at radius 3 is 2.46 bits per heavy atom. The fourth-order valence-electron chi connectivity index (χ4n) is 3.33. The maximum absolute atomic E-state index is 12.8. The van der Waals surface area contributed by atoms with E-state index in [1.54, 1.807) is 24.2 Å². The Morgan fingerprint density at radius 1 is 1.07 bits per heavy atom. The van der Waals surface area contributed by atoms with Crippen LogP contribution in [0.2, 0.25) is 0 Å². The first-order chi connectivity index (χ1) is 13.7. The first-order valence-corrected chi connectivity index (χ1v) is 9.33. The van der Waals surface area contributed by atoms with Gasteiger partial charge in [0.1, 0.15) is 5.75 Å². The summed E-state index contributed by atoms with van der Waals surface area (Å²) in [4.78, 5) is 21.4. The number of piperazine rings is 1. The molecule has 3 aromatic rings. The van der Waals surface area contributed by atoms with E-state index in [9.17, 15) is 4.79 Å². The molecule has 0 aliphatic carbocycles. The Kier molecular flexibility index (Phi) is 5.34. The number of hydrogen-bond acceptors (Lipinski definition) is 5. The Balaban J connectivity index is 1.32. The molecule has 3 heterocycles. The van der Waals surface area contributed by atoms with Crippen molar-refractivity contribution in [2.24, 2.45) is 0 Å². The molecule has 1 amide bonds. The highest BCUT2D eigenvalue weighted by Crippen LogP contribution is 2.15. The first-order valence-electron chi connectivity index (χ1n) is 9.33. The van der Waals surface area contributed by atoms with Gasteiger partial charge in [-0.3, -0.25) is 9.69 Å². The Labute approximate surface area is 164 Å². The molecular weight excluding hydrogens is 354 g/mol. The van der Waals surface area contributed by atoms with E-state index < -0.39 is 0 Å². The average molecular weight is 377 g/mol. The number of aromatic nitrogens is 3. The van der Waals surface area contributed by atoms with Crippen LogP contribution in [0.25, 0.3) is 5.82 Å². The lowest BCUT2D eigenvalue weighted by Gasteiger charge is -2.34. The van der Waals surface area contributed by atoms with Crippen LogP contribution in [0.15, 0.2) is 61.1 Å². The van der Waals surface area contributed by atoms with Crippen molar-refractivity contribution in [1.29, 1.82) is 0 Å². The van der Waals surface area contributed by atoms with Gasteiger partial charge in [0.05, 0.1) is 12.7 Å². The van der Waals surface area contributed by atoms with Gasteiger partial charge in [-0.15, -0.1) is 0 Å². The van der Waals surface area contributed by atoms with Crippen LogP contribution in [-0.2, 0) is 6.54 Å². The van der Waals surface area contributed by atoms with Crippen molar-refractivity contribution in [3.63, 3.8) is 0 Å². The minimum Gasteiger partial charge on any atom is -0.497 e. The van der Waals surface area contributed by atoms with E-state index in [2.05, 4.69) is 27.1 Å². The number of nitrogens with zero attached hydrogens (tertiary/aromatic N) is 5. The largest absolute Gasteiger partial charge is 0.497 e. The van der Waals surface area contributed by atoms with E-state index in [4.69, 9.17) is 4.74 Å². The third-order valence-electron chi connectivity index (χ3n) is 4.96. The molecule has 0 bridgehead atoms. The summed E-state index contributed by atoms with van der Waals surface area (Å²) in [5.74, 6) is 1.60.